The summed E-state index contributed by atoms with van der Waals surface area (Å²) in [7, 11) is 0. The van der Waals surface area contributed by atoms with Crippen molar-refractivity contribution in [2.45, 2.75) is 0 Å². The molecule has 2 rings (SSSR count). The quantitative estimate of drug-likeness (QED) is 0.777. The second kappa shape index (κ2) is 6.58. The molecule has 0 aliphatic rings. The van der Waals surface area contributed by atoms with Gasteiger partial charge in [-0.15, -0.1) is 0 Å². The number of phenols is 1. The highest BCUT2D eigenvalue weighted by Gasteiger charge is 2.05. The lowest BCUT2D eigenvalue weighted by molar-refractivity contribution is 0.102. The second-order valence-electron chi connectivity index (χ2n) is 4.16. The average Bonchev–Trinajstić information content (AvgIpc) is 2.47. The zero-order chi connectivity index (χ0) is 14.4. The molecule has 0 atom stereocenters. The Kier molecular flexibility index (Phi) is 4.57. The van der Waals surface area contributed by atoms with Gasteiger partial charge in [-0.25, -0.2) is 0 Å². The highest BCUT2D eigenvalue weighted by molar-refractivity contribution is 6.04. The van der Waals surface area contributed by atoms with Gasteiger partial charge in [0, 0.05) is 17.8 Å². The molecule has 0 radical (unpaired) electrons. The molecule has 5 heteroatoms. The molecule has 0 saturated heterocycles. The first-order valence-electron chi connectivity index (χ1n) is 6.22. The lowest BCUT2D eigenvalue weighted by Crippen LogP contribution is -2.12. The van der Waals surface area contributed by atoms with Gasteiger partial charge in [0.05, 0.1) is 0 Å². The van der Waals surface area contributed by atoms with Crippen LogP contribution in [-0.4, -0.2) is 24.2 Å². The van der Waals surface area contributed by atoms with Crippen molar-refractivity contribution in [2.24, 2.45) is 5.73 Å². The lowest BCUT2D eigenvalue weighted by Gasteiger charge is -2.07. The molecule has 0 aliphatic heterocycles. The number of hydrogen-bond acceptors (Lipinski definition) is 4. The van der Waals surface area contributed by atoms with Gasteiger partial charge in [-0.2, -0.15) is 0 Å². The van der Waals surface area contributed by atoms with Crippen molar-refractivity contribution in [1.29, 1.82) is 0 Å². The molecule has 0 fully saturated rings. The Bertz CT molecular complexity index is 565. The zero-order valence-electron chi connectivity index (χ0n) is 10.9. The monoisotopic (exact) mass is 272 g/mol. The number of phenolic OH excluding ortho intramolecular Hbond substituents is 1. The van der Waals surface area contributed by atoms with E-state index in [1.807, 2.05) is 0 Å². The first kappa shape index (κ1) is 13.9. The van der Waals surface area contributed by atoms with Gasteiger partial charge < -0.3 is 20.9 Å². The number of carbonyl (C=O) groups is 1. The van der Waals surface area contributed by atoms with Crippen LogP contribution in [0.5, 0.6) is 11.5 Å². The summed E-state index contributed by atoms with van der Waals surface area (Å²) in [5.41, 5.74) is 6.49. The summed E-state index contributed by atoms with van der Waals surface area (Å²) in [5.74, 6) is 0.599. The highest BCUT2D eigenvalue weighted by Crippen LogP contribution is 2.17. The van der Waals surface area contributed by atoms with Crippen LogP contribution in [0.1, 0.15) is 10.4 Å². The topological polar surface area (TPSA) is 84.6 Å². The van der Waals surface area contributed by atoms with E-state index in [1.165, 1.54) is 12.1 Å². The van der Waals surface area contributed by atoms with E-state index >= 15 is 0 Å². The van der Waals surface area contributed by atoms with Gasteiger partial charge in [-0.3, -0.25) is 4.79 Å². The molecule has 2 aromatic rings. The summed E-state index contributed by atoms with van der Waals surface area (Å²) in [4.78, 5) is 11.9. The summed E-state index contributed by atoms with van der Waals surface area (Å²) in [6.07, 6.45) is 0. The van der Waals surface area contributed by atoms with Crippen LogP contribution in [0.4, 0.5) is 5.69 Å². The molecule has 4 N–H and O–H groups in total. The molecule has 5 nitrogen and oxygen atoms in total. The summed E-state index contributed by atoms with van der Waals surface area (Å²) >= 11 is 0. The number of ether oxygens (including phenoxy) is 1. The molecule has 0 spiro atoms. The SMILES string of the molecule is NCCOc1ccc(NC(=O)c2ccc(O)cc2)cc1. The molecule has 2 aromatic carbocycles. The molecule has 20 heavy (non-hydrogen) atoms. The van der Waals surface area contributed by atoms with Crippen molar-refractivity contribution in [1.82, 2.24) is 0 Å². The fourth-order valence-electron chi connectivity index (χ4n) is 1.63. The van der Waals surface area contributed by atoms with E-state index < -0.39 is 0 Å². The maximum absolute atomic E-state index is 11.9. The highest BCUT2D eigenvalue weighted by atomic mass is 16.5. The van der Waals surface area contributed by atoms with Gasteiger partial charge in [0.25, 0.3) is 5.91 Å². The Hall–Kier alpha value is -2.53. The third kappa shape index (κ3) is 3.73. The van der Waals surface area contributed by atoms with Crippen LogP contribution < -0.4 is 15.8 Å². The largest absolute Gasteiger partial charge is 0.508 e. The lowest BCUT2D eigenvalue weighted by atomic mass is 10.2. The maximum atomic E-state index is 11.9. The third-order valence-electron chi connectivity index (χ3n) is 2.63. The molecule has 0 aliphatic carbocycles. The van der Waals surface area contributed by atoms with Gasteiger partial charge >= 0.3 is 0 Å². The van der Waals surface area contributed by atoms with Crippen molar-refractivity contribution in [2.75, 3.05) is 18.5 Å². The Morgan fingerprint density at radius 1 is 1.10 bits per heavy atom. The number of benzene rings is 2. The van der Waals surface area contributed by atoms with E-state index in [2.05, 4.69) is 5.32 Å². The molecule has 0 bridgehead atoms. The fraction of sp³-hybridized carbons (Fsp3) is 0.133. The van der Waals surface area contributed by atoms with E-state index in [0.717, 1.165) is 0 Å². The summed E-state index contributed by atoms with van der Waals surface area (Å²) in [6, 6.07) is 13.1. The Labute approximate surface area is 117 Å². The smallest absolute Gasteiger partial charge is 0.255 e. The van der Waals surface area contributed by atoms with Gasteiger partial charge in [0.1, 0.15) is 18.1 Å². The van der Waals surface area contributed by atoms with E-state index in [4.69, 9.17) is 10.5 Å². The van der Waals surface area contributed by atoms with Crippen LogP contribution in [0.3, 0.4) is 0 Å². The van der Waals surface area contributed by atoms with E-state index in [1.54, 1.807) is 36.4 Å². The number of nitrogens with two attached hydrogens (primary N) is 1. The first-order valence-corrected chi connectivity index (χ1v) is 6.22. The van der Waals surface area contributed by atoms with E-state index in [0.29, 0.717) is 30.2 Å². The predicted molar refractivity (Wildman–Crippen MR) is 77.1 cm³/mol. The van der Waals surface area contributed by atoms with Crippen molar-refractivity contribution in [3.05, 3.63) is 54.1 Å². The maximum Gasteiger partial charge on any atom is 0.255 e. The van der Waals surface area contributed by atoms with Gasteiger partial charge in [0.15, 0.2) is 0 Å². The standard InChI is InChI=1S/C15H16N2O3/c16-9-10-20-14-7-3-12(4-8-14)17-15(19)11-1-5-13(18)6-2-11/h1-8,18H,9-10,16H2,(H,17,19). The molecule has 0 aromatic heterocycles. The first-order chi connectivity index (χ1) is 9.69. The fourth-order valence-corrected chi connectivity index (χ4v) is 1.63. The van der Waals surface area contributed by atoms with Gasteiger partial charge in [0.2, 0.25) is 0 Å². The number of anilines is 1. The van der Waals surface area contributed by atoms with Gasteiger partial charge in [-0.1, -0.05) is 0 Å². The van der Waals surface area contributed by atoms with Crippen LogP contribution in [0.15, 0.2) is 48.5 Å². The summed E-state index contributed by atoms with van der Waals surface area (Å²) < 4.78 is 5.35. The number of amides is 1. The summed E-state index contributed by atoms with van der Waals surface area (Å²) in [5, 5.41) is 11.9. The minimum absolute atomic E-state index is 0.128. The normalized spacial score (nSPS) is 10.1. The van der Waals surface area contributed by atoms with Crippen molar-refractivity contribution < 1.29 is 14.6 Å². The van der Waals surface area contributed by atoms with Crippen LogP contribution in [-0.2, 0) is 0 Å². The molecule has 0 saturated carbocycles. The van der Waals surface area contributed by atoms with Gasteiger partial charge in [-0.05, 0) is 48.5 Å². The molecular weight excluding hydrogens is 256 g/mol. The Morgan fingerprint density at radius 2 is 1.75 bits per heavy atom. The third-order valence-corrected chi connectivity index (χ3v) is 2.63. The van der Waals surface area contributed by atoms with Crippen molar-refractivity contribution >= 4 is 11.6 Å². The molecule has 0 unspecified atom stereocenters. The van der Waals surface area contributed by atoms with Crippen LogP contribution in [0, 0.1) is 0 Å². The Balaban J connectivity index is 1.99. The molecule has 1 amide bonds. The molecular formula is C15H16N2O3. The van der Waals surface area contributed by atoms with Crippen LogP contribution >= 0.6 is 0 Å². The number of carbonyl (C=O) groups excluding carboxylic acids is 1. The second-order valence-corrected chi connectivity index (χ2v) is 4.16. The van der Waals surface area contributed by atoms with Crippen LogP contribution in [0.25, 0.3) is 0 Å². The predicted octanol–water partition coefficient (Wildman–Crippen LogP) is 1.98. The van der Waals surface area contributed by atoms with E-state index in [-0.39, 0.29) is 11.7 Å². The van der Waals surface area contributed by atoms with E-state index in [9.17, 15) is 9.90 Å². The van der Waals surface area contributed by atoms with Crippen molar-refractivity contribution in [3.63, 3.8) is 0 Å². The van der Waals surface area contributed by atoms with Crippen LogP contribution in [0.2, 0.25) is 0 Å². The average molecular weight is 272 g/mol. The zero-order valence-corrected chi connectivity index (χ0v) is 10.9. The van der Waals surface area contributed by atoms with Crippen molar-refractivity contribution in [3.8, 4) is 11.5 Å². The number of nitrogens with one attached hydrogen (secondary N) is 1. The minimum Gasteiger partial charge on any atom is -0.508 e. The molecule has 0 heterocycles. The number of aromatic hydroxyl groups is 1. The summed E-state index contributed by atoms with van der Waals surface area (Å²) in [6.45, 7) is 0.915. The number of hydrogen-bond donors (Lipinski definition) is 3. The number of rotatable bonds is 5. The molecule has 104 valence electrons. The Morgan fingerprint density at radius 3 is 2.35 bits per heavy atom. The minimum atomic E-state index is -0.236.